The standard InChI is InChI=1S/C25H25N5O2S/c26-23-22-21(18-13-16-3-1-4-17(20(16)28-18)19-5-2-12-33-19)29-24(30(22)11-10-27-23)14-6-8-15(9-7-14)25(31)32/h1-5,10-15,24,28-29H,6-9H2,(H2,26,27)(H,31,32). The summed E-state index contributed by atoms with van der Waals surface area (Å²) in [5.41, 5.74) is 11.5. The van der Waals surface area contributed by atoms with Crippen molar-refractivity contribution >= 4 is 39.7 Å². The van der Waals surface area contributed by atoms with E-state index in [1.54, 1.807) is 17.5 Å². The number of carboxylic acid groups (broad SMARTS) is 1. The van der Waals surface area contributed by atoms with Gasteiger partial charge in [-0.1, -0.05) is 24.3 Å². The van der Waals surface area contributed by atoms with Crippen LogP contribution in [-0.2, 0) is 4.79 Å². The van der Waals surface area contributed by atoms with Crippen LogP contribution in [0.15, 0.2) is 64.9 Å². The molecule has 6 rings (SSSR count). The van der Waals surface area contributed by atoms with E-state index in [9.17, 15) is 9.90 Å². The van der Waals surface area contributed by atoms with Crippen LogP contribution in [0.4, 0.5) is 0 Å². The van der Waals surface area contributed by atoms with Crippen molar-refractivity contribution < 1.29 is 9.90 Å². The highest BCUT2D eigenvalue weighted by molar-refractivity contribution is 7.13. The number of nitrogens with one attached hydrogen (secondary N) is 2. The lowest BCUT2D eigenvalue weighted by Crippen LogP contribution is -2.44. The Morgan fingerprint density at radius 2 is 2.03 bits per heavy atom. The van der Waals surface area contributed by atoms with E-state index in [0.29, 0.717) is 24.6 Å². The largest absolute Gasteiger partial charge is 0.481 e. The molecule has 1 fully saturated rings. The van der Waals surface area contributed by atoms with Crippen LogP contribution in [0.3, 0.4) is 0 Å². The maximum atomic E-state index is 11.4. The molecule has 2 aromatic heterocycles. The zero-order valence-corrected chi connectivity index (χ0v) is 18.8. The Balaban J connectivity index is 1.37. The third-order valence-electron chi connectivity index (χ3n) is 7.05. The molecule has 7 nitrogen and oxygen atoms in total. The molecule has 8 heteroatoms. The van der Waals surface area contributed by atoms with Crippen LogP contribution >= 0.6 is 11.3 Å². The molecular weight excluding hydrogens is 434 g/mol. The summed E-state index contributed by atoms with van der Waals surface area (Å²) in [7, 11) is 0. The Labute approximate surface area is 195 Å². The Morgan fingerprint density at radius 1 is 1.18 bits per heavy atom. The minimum Gasteiger partial charge on any atom is -0.481 e. The average Bonchev–Trinajstić information content (AvgIpc) is 3.57. The summed E-state index contributed by atoms with van der Waals surface area (Å²) in [6.45, 7) is 0. The van der Waals surface area contributed by atoms with Crippen molar-refractivity contribution in [1.29, 1.82) is 0 Å². The van der Waals surface area contributed by atoms with Crippen LogP contribution < -0.4 is 11.1 Å². The van der Waals surface area contributed by atoms with E-state index in [4.69, 9.17) is 5.73 Å². The van der Waals surface area contributed by atoms with Crippen LogP contribution in [0.2, 0.25) is 0 Å². The number of hydrogen-bond donors (Lipinski definition) is 4. The van der Waals surface area contributed by atoms with Gasteiger partial charge in [0.25, 0.3) is 0 Å². The second-order valence-electron chi connectivity index (χ2n) is 8.91. The van der Waals surface area contributed by atoms with Gasteiger partial charge in [-0.2, -0.15) is 0 Å². The lowest BCUT2D eigenvalue weighted by atomic mass is 9.80. The van der Waals surface area contributed by atoms with Gasteiger partial charge < -0.3 is 26.0 Å². The molecule has 33 heavy (non-hydrogen) atoms. The predicted octanol–water partition coefficient (Wildman–Crippen LogP) is 4.53. The van der Waals surface area contributed by atoms with Crippen LogP contribution in [0, 0.1) is 11.8 Å². The Bertz CT molecular complexity index is 1310. The molecule has 1 unspecified atom stereocenters. The van der Waals surface area contributed by atoms with E-state index in [-0.39, 0.29) is 12.1 Å². The van der Waals surface area contributed by atoms with Crippen molar-refractivity contribution in [3.05, 3.63) is 65.6 Å². The lowest BCUT2D eigenvalue weighted by molar-refractivity contribution is -0.143. The van der Waals surface area contributed by atoms with Gasteiger partial charge in [-0.25, -0.2) is 4.99 Å². The number of nitrogens with zero attached hydrogens (tertiary/aromatic N) is 2. The first-order chi connectivity index (χ1) is 16.1. The van der Waals surface area contributed by atoms with E-state index in [2.05, 4.69) is 62.0 Å². The van der Waals surface area contributed by atoms with Crippen LogP contribution in [0.25, 0.3) is 27.0 Å². The summed E-state index contributed by atoms with van der Waals surface area (Å²) in [4.78, 5) is 22.8. The molecule has 0 radical (unpaired) electrons. The van der Waals surface area contributed by atoms with E-state index >= 15 is 0 Å². The number of H-pyrrole nitrogens is 1. The summed E-state index contributed by atoms with van der Waals surface area (Å²) in [6.07, 6.45) is 6.88. The van der Waals surface area contributed by atoms with Gasteiger partial charge in [0.05, 0.1) is 22.8 Å². The molecule has 1 aromatic carbocycles. The number of thiophene rings is 1. The molecule has 4 heterocycles. The normalized spacial score (nSPS) is 24.7. The molecular formula is C25H25N5O2S. The maximum Gasteiger partial charge on any atom is 0.306 e. The van der Waals surface area contributed by atoms with Crippen molar-refractivity contribution in [1.82, 2.24) is 15.2 Å². The number of rotatable bonds is 4. The van der Waals surface area contributed by atoms with Crippen molar-refractivity contribution in [2.24, 2.45) is 22.6 Å². The molecule has 168 valence electrons. The molecule has 3 aliphatic rings. The highest BCUT2D eigenvalue weighted by Gasteiger charge is 2.41. The van der Waals surface area contributed by atoms with E-state index in [0.717, 1.165) is 40.8 Å². The fraction of sp³-hybridized carbons (Fsp3) is 0.280. The summed E-state index contributed by atoms with van der Waals surface area (Å²) in [6, 6.07) is 12.7. The number of nitrogens with two attached hydrogens (primary N) is 1. The molecule has 2 aliphatic heterocycles. The summed E-state index contributed by atoms with van der Waals surface area (Å²) in [5, 5.41) is 16.3. The van der Waals surface area contributed by atoms with Crippen molar-refractivity contribution in [2.45, 2.75) is 31.8 Å². The third-order valence-corrected chi connectivity index (χ3v) is 7.95. The van der Waals surface area contributed by atoms with Crippen LogP contribution in [-0.4, -0.2) is 33.0 Å². The lowest BCUT2D eigenvalue weighted by Gasteiger charge is -2.36. The number of amidine groups is 1. The van der Waals surface area contributed by atoms with E-state index in [1.807, 2.05) is 6.20 Å². The number of aromatic nitrogens is 1. The average molecular weight is 460 g/mol. The Hall–Kier alpha value is -3.52. The van der Waals surface area contributed by atoms with Gasteiger partial charge in [0.15, 0.2) is 0 Å². The summed E-state index contributed by atoms with van der Waals surface area (Å²) in [5.74, 6) is -0.0998. The summed E-state index contributed by atoms with van der Waals surface area (Å²) >= 11 is 1.73. The molecule has 1 saturated carbocycles. The number of aliphatic carboxylic acids is 1. The number of hydrogen-bond acceptors (Lipinski definition) is 6. The first kappa shape index (κ1) is 20.1. The minimum atomic E-state index is -0.679. The first-order valence-corrected chi connectivity index (χ1v) is 12.2. The van der Waals surface area contributed by atoms with Crippen LogP contribution in [0.1, 0.15) is 31.4 Å². The molecule has 1 aliphatic carbocycles. The van der Waals surface area contributed by atoms with Crippen molar-refractivity contribution in [2.75, 3.05) is 0 Å². The molecule has 0 amide bonds. The van der Waals surface area contributed by atoms with Gasteiger partial charge in [-0.3, -0.25) is 4.79 Å². The zero-order chi connectivity index (χ0) is 22.5. The molecule has 0 saturated heterocycles. The Kier molecular flexibility index (Phi) is 4.76. The number of aliphatic imine (C=N–C) groups is 1. The van der Waals surface area contributed by atoms with Crippen LogP contribution in [0.5, 0.6) is 0 Å². The van der Waals surface area contributed by atoms with Gasteiger partial charge >= 0.3 is 5.97 Å². The number of fused-ring (bicyclic) bond motifs is 2. The van der Waals surface area contributed by atoms with Crippen molar-refractivity contribution in [3.8, 4) is 10.4 Å². The number of para-hydroxylation sites is 1. The smallest absolute Gasteiger partial charge is 0.306 e. The van der Waals surface area contributed by atoms with Gasteiger partial charge in [-0.05, 0) is 49.1 Å². The first-order valence-electron chi connectivity index (χ1n) is 11.3. The Morgan fingerprint density at radius 3 is 2.79 bits per heavy atom. The number of aromatic amines is 1. The predicted molar refractivity (Wildman–Crippen MR) is 131 cm³/mol. The highest BCUT2D eigenvalue weighted by Crippen LogP contribution is 2.40. The quantitative estimate of drug-likeness (QED) is 0.459. The van der Waals surface area contributed by atoms with Gasteiger partial charge in [0.2, 0.25) is 0 Å². The summed E-state index contributed by atoms with van der Waals surface area (Å²) < 4.78 is 0. The van der Waals surface area contributed by atoms with E-state index < -0.39 is 5.97 Å². The molecule has 0 bridgehead atoms. The fourth-order valence-electron chi connectivity index (χ4n) is 5.39. The molecule has 0 spiro atoms. The molecule has 3 aromatic rings. The number of carboxylic acids is 1. The van der Waals surface area contributed by atoms with Crippen molar-refractivity contribution in [3.63, 3.8) is 0 Å². The number of benzene rings is 1. The SMILES string of the molecule is NC1=NC=CN2C1=C(c1cc3cccc(-c4cccs4)c3[nH]1)NC2C1CCC(C(=O)O)CC1. The van der Waals surface area contributed by atoms with Gasteiger partial charge in [-0.15, -0.1) is 11.3 Å². The monoisotopic (exact) mass is 459 g/mol. The fourth-order valence-corrected chi connectivity index (χ4v) is 6.15. The topological polar surface area (TPSA) is 107 Å². The third kappa shape index (κ3) is 3.33. The molecule has 1 atom stereocenters. The van der Waals surface area contributed by atoms with Gasteiger partial charge in [0.1, 0.15) is 17.7 Å². The highest BCUT2D eigenvalue weighted by atomic mass is 32.1. The second-order valence-corrected chi connectivity index (χ2v) is 9.86. The number of carbonyl (C=O) groups is 1. The van der Waals surface area contributed by atoms with E-state index in [1.165, 1.54) is 10.4 Å². The maximum absolute atomic E-state index is 11.4. The molecule has 5 N–H and O–H groups in total. The minimum absolute atomic E-state index is 0.0261. The zero-order valence-electron chi connectivity index (χ0n) is 18.0. The second kappa shape index (κ2) is 7.81. The van der Waals surface area contributed by atoms with Gasteiger partial charge in [0, 0.05) is 28.2 Å².